The van der Waals surface area contributed by atoms with Crippen molar-refractivity contribution in [2.45, 2.75) is 66.2 Å². The van der Waals surface area contributed by atoms with Crippen LogP contribution in [0.25, 0.3) is 0 Å². The lowest BCUT2D eigenvalue weighted by molar-refractivity contribution is -0.144. The standard InChI is InChI=1S/C27H32BrNO5/c1-6-34-22(33)14-29-17-10-26(2,3)12-20(31)24(17)23(16-9-15(28)7-8-19(16)30)25-18(29)11-27(4,5)13-21(25)32/h7-9,23,30H,6,10-14H2,1-5H3. The number of carbonyl (C=O) groups is 3. The predicted octanol–water partition coefficient (Wildman–Crippen LogP) is 5.40. The first-order valence-corrected chi connectivity index (χ1v) is 12.6. The van der Waals surface area contributed by atoms with E-state index < -0.39 is 11.9 Å². The number of benzene rings is 1. The maximum absolute atomic E-state index is 13.7. The Labute approximate surface area is 209 Å². The van der Waals surface area contributed by atoms with Gasteiger partial charge in [-0.25, -0.2) is 0 Å². The van der Waals surface area contributed by atoms with E-state index in [1.807, 2.05) is 32.6 Å². The van der Waals surface area contributed by atoms with E-state index in [1.165, 1.54) is 0 Å². The molecule has 0 saturated heterocycles. The number of phenolic OH excluding ortho intramolecular Hbond substituents is 1. The summed E-state index contributed by atoms with van der Waals surface area (Å²) in [6.07, 6.45) is 1.85. The Kier molecular flexibility index (Phi) is 6.30. The Morgan fingerprint density at radius 3 is 2.06 bits per heavy atom. The van der Waals surface area contributed by atoms with E-state index in [9.17, 15) is 19.5 Å². The molecule has 34 heavy (non-hydrogen) atoms. The van der Waals surface area contributed by atoms with Crippen molar-refractivity contribution < 1.29 is 24.2 Å². The Morgan fingerprint density at radius 1 is 1.03 bits per heavy atom. The number of ketones is 2. The van der Waals surface area contributed by atoms with Gasteiger partial charge in [-0.2, -0.15) is 0 Å². The number of phenols is 1. The van der Waals surface area contributed by atoms with Gasteiger partial charge in [0.2, 0.25) is 0 Å². The van der Waals surface area contributed by atoms with Crippen molar-refractivity contribution in [2.24, 2.45) is 10.8 Å². The molecule has 0 radical (unpaired) electrons. The molecule has 3 aliphatic rings. The number of halogens is 1. The second kappa shape index (κ2) is 8.67. The van der Waals surface area contributed by atoms with Gasteiger partial charge in [0.1, 0.15) is 12.3 Å². The molecule has 1 N–H and O–H groups in total. The van der Waals surface area contributed by atoms with Crippen LogP contribution in [-0.4, -0.2) is 40.7 Å². The number of Topliss-reactive ketones (excluding diaryl/α,β-unsaturated/α-hetero) is 2. The fraction of sp³-hybridized carbons (Fsp3) is 0.519. The van der Waals surface area contributed by atoms with Crippen LogP contribution < -0.4 is 0 Å². The van der Waals surface area contributed by atoms with Gasteiger partial charge in [-0.15, -0.1) is 0 Å². The molecule has 182 valence electrons. The van der Waals surface area contributed by atoms with E-state index in [2.05, 4.69) is 15.9 Å². The van der Waals surface area contributed by atoms with E-state index in [0.29, 0.717) is 42.4 Å². The van der Waals surface area contributed by atoms with E-state index >= 15 is 0 Å². The van der Waals surface area contributed by atoms with Crippen LogP contribution in [0.2, 0.25) is 0 Å². The highest BCUT2D eigenvalue weighted by atomic mass is 79.9. The van der Waals surface area contributed by atoms with Crippen LogP contribution in [0, 0.1) is 10.8 Å². The molecule has 0 atom stereocenters. The molecule has 6 nitrogen and oxygen atoms in total. The Morgan fingerprint density at radius 2 is 1.56 bits per heavy atom. The molecular weight excluding hydrogens is 498 g/mol. The minimum Gasteiger partial charge on any atom is -0.508 e. The van der Waals surface area contributed by atoms with Crippen LogP contribution in [0.15, 0.2) is 45.2 Å². The number of esters is 1. The number of carbonyl (C=O) groups excluding carboxylic acids is 3. The molecule has 0 unspecified atom stereocenters. The van der Waals surface area contributed by atoms with Gasteiger partial charge < -0.3 is 14.7 Å². The second-order valence-corrected chi connectivity index (χ2v) is 12.0. The summed E-state index contributed by atoms with van der Waals surface area (Å²) in [6, 6.07) is 5.10. The van der Waals surface area contributed by atoms with Crippen LogP contribution >= 0.6 is 15.9 Å². The van der Waals surface area contributed by atoms with Crippen molar-refractivity contribution in [1.82, 2.24) is 4.90 Å². The van der Waals surface area contributed by atoms with Gasteiger partial charge in [-0.1, -0.05) is 43.6 Å². The molecule has 0 aromatic heterocycles. The highest BCUT2D eigenvalue weighted by Gasteiger charge is 2.49. The molecule has 1 heterocycles. The third kappa shape index (κ3) is 4.47. The minimum atomic E-state index is -0.659. The van der Waals surface area contributed by atoms with Crippen LogP contribution in [0.5, 0.6) is 5.75 Å². The SMILES string of the molecule is CCOC(=O)CN1C2=C(C(=O)CC(C)(C)C2)C(c2cc(Br)ccc2O)C2=C1CC(C)(C)CC2=O. The predicted molar refractivity (Wildman–Crippen MR) is 132 cm³/mol. The van der Waals surface area contributed by atoms with E-state index in [0.717, 1.165) is 15.9 Å². The van der Waals surface area contributed by atoms with Crippen LogP contribution in [0.3, 0.4) is 0 Å². The summed E-state index contributed by atoms with van der Waals surface area (Å²) in [5.41, 5.74) is 2.52. The zero-order chi connectivity index (χ0) is 25.0. The third-order valence-electron chi connectivity index (χ3n) is 6.91. The van der Waals surface area contributed by atoms with Gasteiger partial charge in [0.15, 0.2) is 11.6 Å². The summed E-state index contributed by atoms with van der Waals surface area (Å²) >= 11 is 3.48. The topological polar surface area (TPSA) is 83.9 Å². The van der Waals surface area contributed by atoms with Crippen LogP contribution in [0.4, 0.5) is 0 Å². The van der Waals surface area contributed by atoms with Crippen LogP contribution in [-0.2, 0) is 19.1 Å². The smallest absolute Gasteiger partial charge is 0.325 e. The molecule has 1 aliphatic heterocycles. The maximum Gasteiger partial charge on any atom is 0.325 e. The molecule has 7 heteroatoms. The van der Waals surface area contributed by atoms with Crippen molar-refractivity contribution in [3.8, 4) is 5.75 Å². The summed E-state index contributed by atoms with van der Waals surface area (Å²) in [6.45, 7) is 10.1. The lowest BCUT2D eigenvalue weighted by atomic mass is 9.63. The van der Waals surface area contributed by atoms with E-state index in [-0.39, 0.29) is 41.3 Å². The minimum absolute atomic E-state index is 0.0426. The second-order valence-electron chi connectivity index (χ2n) is 11.1. The lowest BCUT2D eigenvalue weighted by Gasteiger charge is -2.48. The van der Waals surface area contributed by atoms with Gasteiger partial charge >= 0.3 is 5.97 Å². The average molecular weight is 530 g/mol. The molecule has 0 spiro atoms. The zero-order valence-corrected chi connectivity index (χ0v) is 22.0. The number of nitrogens with zero attached hydrogens (tertiary/aromatic N) is 1. The average Bonchev–Trinajstić information content (AvgIpc) is 2.69. The van der Waals surface area contributed by atoms with E-state index in [1.54, 1.807) is 25.1 Å². The van der Waals surface area contributed by atoms with Gasteiger partial charge in [0.05, 0.1) is 6.61 Å². The normalized spacial score (nSPS) is 22.0. The van der Waals surface area contributed by atoms with Crippen molar-refractivity contribution >= 4 is 33.5 Å². The number of allylic oxidation sites excluding steroid dienone is 4. The first kappa shape index (κ1) is 24.7. The molecule has 1 aromatic rings. The zero-order valence-electron chi connectivity index (χ0n) is 20.5. The van der Waals surface area contributed by atoms with Gasteiger partial charge in [-0.3, -0.25) is 14.4 Å². The summed E-state index contributed by atoms with van der Waals surface area (Å²) in [5, 5.41) is 10.9. The summed E-state index contributed by atoms with van der Waals surface area (Å²) in [5.74, 6) is -1.10. The molecule has 0 fully saturated rings. The molecule has 2 aliphatic carbocycles. The molecule has 0 saturated carbocycles. The highest BCUT2D eigenvalue weighted by molar-refractivity contribution is 9.10. The molecule has 0 amide bonds. The van der Waals surface area contributed by atoms with Crippen molar-refractivity contribution in [2.75, 3.05) is 13.2 Å². The monoisotopic (exact) mass is 529 g/mol. The van der Waals surface area contributed by atoms with Gasteiger partial charge in [-0.05, 0) is 48.8 Å². The number of hydrogen-bond acceptors (Lipinski definition) is 6. The first-order valence-electron chi connectivity index (χ1n) is 11.8. The Hall–Kier alpha value is -2.41. The molecule has 4 rings (SSSR count). The third-order valence-corrected chi connectivity index (χ3v) is 7.41. The highest BCUT2D eigenvalue weighted by Crippen LogP contribution is 2.55. The molecule has 0 bridgehead atoms. The van der Waals surface area contributed by atoms with E-state index in [4.69, 9.17) is 4.74 Å². The number of aromatic hydroxyl groups is 1. The molecular formula is C27H32BrNO5. The molecule has 1 aromatic carbocycles. The number of ether oxygens (including phenoxy) is 1. The van der Waals surface area contributed by atoms with Crippen molar-refractivity contribution in [1.29, 1.82) is 0 Å². The Bertz CT molecular complexity index is 1090. The Balaban J connectivity index is 2.01. The summed E-state index contributed by atoms with van der Waals surface area (Å²) < 4.78 is 6.02. The fourth-order valence-corrected chi connectivity index (χ4v) is 6.02. The maximum atomic E-state index is 13.7. The van der Waals surface area contributed by atoms with Crippen molar-refractivity contribution in [3.05, 3.63) is 50.8 Å². The quantitative estimate of drug-likeness (QED) is 0.525. The first-order chi connectivity index (χ1) is 15.8. The van der Waals surface area contributed by atoms with Gasteiger partial charge in [0, 0.05) is 51.3 Å². The fourth-order valence-electron chi connectivity index (χ4n) is 5.64. The largest absolute Gasteiger partial charge is 0.508 e. The lowest BCUT2D eigenvalue weighted by Crippen LogP contribution is -2.46. The van der Waals surface area contributed by atoms with Crippen LogP contribution in [0.1, 0.15) is 71.8 Å². The summed E-state index contributed by atoms with van der Waals surface area (Å²) in [7, 11) is 0. The number of rotatable bonds is 4. The van der Waals surface area contributed by atoms with Crippen molar-refractivity contribution in [3.63, 3.8) is 0 Å². The summed E-state index contributed by atoms with van der Waals surface area (Å²) in [4.78, 5) is 41.9. The van der Waals surface area contributed by atoms with Gasteiger partial charge in [0.25, 0.3) is 0 Å². The number of hydrogen-bond donors (Lipinski definition) is 1.